The van der Waals surface area contributed by atoms with Gasteiger partial charge in [-0.05, 0) is 19.4 Å². The Bertz CT molecular complexity index is 134. The Morgan fingerprint density at radius 3 is 2.38 bits per heavy atom. The zero-order valence-corrected chi connectivity index (χ0v) is 9.23. The van der Waals surface area contributed by atoms with E-state index in [1.54, 1.807) is 0 Å². The van der Waals surface area contributed by atoms with E-state index in [1.165, 1.54) is 6.42 Å². The molecule has 0 saturated heterocycles. The summed E-state index contributed by atoms with van der Waals surface area (Å²) in [5.74, 6) is 0.359. The fourth-order valence-corrected chi connectivity index (χ4v) is 1.37. The number of unbranched alkanes of at least 4 members (excludes halogenated alkanes) is 1. The van der Waals surface area contributed by atoms with E-state index in [0.717, 1.165) is 25.8 Å². The summed E-state index contributed by atoms with van der Waals surface area (Å²) in [4.78, 5) is 11.4. The minimum Gasteiger partial charge on any atom is -0.307 e. The molecule has 78 valence electrons. The minimum atomic E-state index is 0.113. The van der Waals surface area contributed by atoms with Gasteiger partial charge in [0, 0.05) is 6.42 Å². The zero-order valence-electron chi connectivity index (χ0n) is 9.23. The van der Waals surface area contributed by atoms with E-state index in [4.69, 9.17) is 0 Å². The maximum Gasteiger partial charge on any atom is 0.149 e. The van der Waals surface area contributed by atoms with Crippen molar-refractivity contribution >= 4 is 5.78 Å². The van der Waals surface area contributed by atoms with Crippen molar-refractivity contribution in [1.29, 1.82) is 0 Å². The summed E-state index contributed by atoms with van der Waals surface area (Å²) < 4.78 is 0. The monoisotopic (exact) mass is 185 g/mol. The topological polar surface area (TPSA) is 29.1 Å². The third kappa shape index (κ3) is 5.81. The molecule has 2 heteroatoms. The van der Waals surface area contributed by atoms with Gasteiger partial charge in [0.2, 0.25) is 0 Å². The second-order valence-corrected chi connectivity index (χ2v) is 3.47. The van der Waals surface area contributed by atoms with E-state index in [0.29, 0.717) is 12.2 Å². The van der Waals surface area contributed by atoms with Gasteiger partial charge >= 0.3 is 0 Å². The van der Waals surface area contributed by atoms with E-state index < -0.39 is 0 Å². The first-order valence-electron chi connectivity index (χ1n) is 5.52. The molecule has 13 heavy (non-hydrogen) atoms. The second-order valence-electron chi connectivity index (χ2n) is 3.47. The van der Waals surface area contributed by atoms with Crippen LogP contribution in [-0.4, -0.2) is 18.4 Å². The predicted octanol–water partition coefficient (Wildman–Crippen LogP) is 2.52. The van der Waals surface area contributed by atoms with Crippen LogP contribution in [0.2, 0.25) is 0 Å². The van der Waals surface area contributed by atoms with E-state index in [1.807, 2.05) is 6.92 Å². The lowest BCUT2D eigenvalue weighted by atomic mass is 10.1. The van der Waals surface area contributed by atoms with Gasteiger partial charge in [-0.3, -0.25) is 4.79 Å². The summed E-state index contributed by atoms with van der Waals surface area (Å²) in [6.07, 6.45) is 5.07. The molecule has 0 aromatic heterocycles. The van der Waals surface area contributed by atoms with Crippen LogP contribution in [0, 0.1) is 0 Å². The predicted molar refractivity (Wildman–Crippen MR) is 56.9 cm³/mol. The highest BCUT2D eigenvalue weighted by Gasteiger charge is 2.13. The third-order valence-corrected chi connectivity index (χ3v) is 2.24. The molecule has 1 unspecified atom stereocenters. The lowest BCUT2D eigenvalue weighted by molar-refractivity contribution is -0.120. The summed E-state index contributed by atoms with van der Waals surface area (Å²) in [5.41, 5.74) is 0. The molecule has 0 fully saturated rings. The summed E-state index contributed by atoms with van der Waals surface area (Å²) in [6.45, 7) is 7.20. The van der Waals surface area contributed by atoms with E-state index in [-0.39, 0.29) is 6.04 Å². The maximum absolute atomic E-state index is 11.4. The fourth-order valence-electron chi connectivity index (χ4n) is 1.37. The van der Waals surface area contributed by atoms with Crippen LogP contribution in [0.1, 0.15) is 52.9 Å². The first kappa shape index (κ1) is 12.6. The molecule has 0 heterocycles. The molecule has 0 radical (unpaired) electrons. The van der Waals surface area contributed by atoms with Crippen molar-refractivity contribution in [2.75, 3.05) is 6.54 Å². The van der Waals surface area contributed by atoms with Gasteiger partial charge in [-0.15, -0.1) is 0 Å². The molecule has 2 nitrogen and oxygen atoms in total. The van der Waals surface area contributed by atoms with Gasteiger partial charge in [0.25, 0.3) is 0 Å². The standard InChI is InChI=1S/C11H23NO/c1-4-7-9-12-10(8-5-2)11(13)6-3/h10,12H,4-9H2,1-3H3. The molecule has 1 atom stereocenters. The molecule has 1 N–H and O–H groups in total. The maximum atomic E-state index is 11.4. The van der Waals surface area contributed by atoms with E-state index in [9.17, 15) is 4.79 Å². The van der Waals surface area contributed by atoms with Crippen molar-refractivity contribution in [1.82, 2.24) is 5.32 Å². The first-order chi connectivity index (χ1) is 6.26. The van der Waals surface area contributed by atoms with Crippen LogP contribution in [0.5, 0.6) is 0 Å². The number of carbonyl (C=O) groups excluding carboxylic acids is 1. The highest BCUT2D eigenvalue weighted by atomic mass is 16.1. The van der Waals surface area contributed by atoms with Crippen LogP contribution in [0.25, 0.3) is 0 Å². The average Bonchev–Trinajstić information content (AvgIpc) is 2.16. The average molecular weight is 185 g/mol. The van der Waals surface area contributed by atoms with Crippen LogP contribution < -0.4 is 5.32 Å². The molecule has 0 bridgehead atoms. The van der Waals surface area contributed by atoms with Crippen molar-refractivity contribution in [3.05, 3.63) is 0 Å². The largest absolute Gasteiger partial charge is 0.307 e. The molecule has 0 aliphatic carbocycles. The molecule has 0 aromatic rings. The zero-order chi connectivity index (χ0) is 10.1. The fraction of sp³-hybridized carbons (Fsp3) is 0.909. The van der Waals surface area contributed by atoms with Crippen molar-refractivity contribution in [3.8, 4) is 0 Å². The molecule has 0 spiro atoms. The summed E-state index contributed by atoms with van der Waals surface area (Å²) in [5, 5.41) is 3.32. The number of ketones is 1. The summed E-state index contributed by atoms with van der Waals surface area (Å²) in [6, 6.07) is 0.113. The number of hydrogen-bond acceptors (Lipinski definition) is 2. The number of Topliss-reactive ketones (excluding diaryl/α,β-unsaturated/α-hetero) is 1. The Morgan fingerprint density at radius 1 is 1.23 bits per heavy atom. The van der Waals surface area contributed by atoms with E-state index in [2.05, 4.69) is 19.2 Å². The molecule has 0 aromatic carbocycles. The van der Waals surface area contributed by atoms with Gasteiger partial charge in [0.1, 0.15) is 5.78 Å². The normalized spacial score (nSPS) is 12.8. The second kappa shape index (κ2) is 8.24. The number of hydrogen-bond donors (Lipinski definition) is 1. The Morgan fingerprint density at radius 2 is 1.92 bits per heavy atom. The molecule has 0 saturated carbocycles. The Kier molecular flexibility index (Phi) is 8.00. The van der Waals surface area contributed by atoms with Crippen LogP contribution >= 0.6 is 0 Å². The quantitative estimate of drug-likeness (QED) is 0.589. The van der Waals surface area contributed by atoms with Crippen LogP contribution in [-0.2, 0) is 4.79 Å². The molecule has 0 aliphatic heterocycles. The van der Waals surface area contributed by atoms with Gasteiger partial charge in [0.15, 0.2) is 0 Å². The van der Waals surface area contributed by atoms with Crippen molar-refractivity contribution < 1.29 is 4.79 Å². The molecule has 0 amide bonds. The van der Waals surface area contributed by atoms with Crippen molar-refractivity contribution in [3.63, 3.8) is 0 Å². The minimum absolute atomic E-state index is 0.113. The SMILES string of the molecule is CCCCNC(CCC)C(=O)CC. The number of carbonyl (C=O) groups is 1. The Balaban J connectivity index is 3.73. The van der Waals surface area contributed by atoms with Gasteiger partial charge in [-0.2, -0.15) is 0 Å². The van der Waals surface area contributed by atoms with Crippen LogP contribution in [0.3, 0.4) is 0 Å². The molecule has 0 aliphatic rings. The first-order valence-corrected chi connectivity index (χ1v) is 5.52. The Hall–Kier alpha value is -0.370. The van der Waals surface area contributed by atoms with Crippen LogP contribution in [0.15, 0.2) is 0 Å². The summed E-state index contributed by atoms with van der Waals surface area (Å²) in [7, 11) is 0. The highest BCUT2D eigenvalue weighted by Crippen LogP contribution is 2.01. The highest BCUT2D eigenvalue weighted by molar-refractivity contribution is 5.83. The van der Waals surface area contributed by atoms with Gasteiger partial charge in [-0.1, -0.05) is 33.6 Å². The molecular weight excluding hydrogens is 162 g/mol. The molecule has 0 rings (SSSR count). The molecular formula is C11H23NO. The van der Waals surface area contributed by atoms with E-state index >= 15 is 0 Å². The summed E-state index contributed by atoms with van der Waals surface area (Å²) >= 11 is 0. The third-order valence-electron chi connectivity index (χ3n) is 2.24. The van der Waals surface area contributed by atoms with Gasteiger partial charge in [-0.25, -0.2) is 0 Å². The van der Waals surface area contributed by atoms with Gasteiger partial charge < -0.3 is 5.32 Å². The Labute approximate surface area is 82.1 Å². The van der Waals surface area contributed by atoms with Crippen molar-refractivity contribution in [2.45, 2.75) is 58.9 Å². The van der Waals surface area contributed by atoms with Crippen molar-refractivity contribution in [2.24, 2.45) is 0 Å². The lowest BCUT2D eigenvalue weighted by Crippen LogP contribution is -2.36. The smallest absolute Gasteiger partial charge is 0.149 e. The number of nitrogens with one attached hydrogen (secondary N) is 1. The number of rotatable bonds is 8. The lowest BCUT2D eigenvalue weighted by Gasteiger charge is -2.15. The van der Waals surface area contributed by atoms with Gasteiger partial charge in [0.05, 0.1) is 6.04 Å². The van der Waals surface area contributed by atoms with Crippen LogP contribution in [0.4, 0.5) is 0 Å².